The van der Waals surface area contributed by atoms with Crippen molar-refractivity contribution in [1.29, 1.82) is 0 Å². The molecule has 0 saturated heterocycles. The Morgan fingerprint density at radius 3 is 2.56 bits per heavy atom. The summed E-state index contributed by atoms with van der Waals surface area (Å²) in [5, 5.41) is 0.767. The lowest BCUT2D eigenvalue weighted by molar-refractivity contribution is -0.139. The van der Waals surface area contributed by atoms with Gasteiger partial charge in [-0.3, -0.25) is 4.79 Å². The summed E-state index contributed by atoms with van der Waals surface area (Å²) >= 11 is 3.40. The summed E-state index contributed by atoms with van der Waals surface area (Å²) in [4.78, 5) is 11.3. The smallest absolute Gasteiger partial charge is 0.310 e. The Labute approximate surface area is 104 Å². The molecular weight excluding hydrogens is 272 g/mol. The Kier molecular flexibility index (Phi) is 4.80. The van der Waals surface area contributed by atoms with Crippen LogP contribution in [-0.2, 0) is 21.3 Å². The fourth-order valence-corrected chi connectivity index (χ4v) is 1.88. The van der Waals surface area contributed by atoms with E-state index < -0.39 is 0 Å². The molecule has 88 valence electrons. The summed E-state index contributed by atoms with van der Waals surface area (Å²) in [6.07, 6.45) is 0.244. The van der Waals surface area contributed by atoms with Gasteiger partial charge in [-0.15, -0.1) is 0 Å². The molecule has 16 heavy (non-hydrogen) atoms. The lowest BCUT2D eigenvalue weighted by Gasteiger charge is -2.12. The van der Waals surface area contributed by atoms with E-state index in [0.717, 1.165) is 27.8 Å². The van der Waals surface area contributed by atoms with Crippen molar-refractivity contribution in [2.45, 2.75) is 18.7 Å². The highest BCUT2D eigenvalue weighted by Gasteiger charge is 2.12. The molecule has 0 spiro atoms. The Morgan fingerprint density at radius 1 is 1.38 bits per heavy atom. The minimum Gasteiger partial charge on any atom is -0.496 e. The average Bonchev–Trinajstić information content (AvgIpc) is 2.30. The molecule has 0 aliphatic carbocycles. The maximum absolute atomic E-state index is 11.3. The molecule has 0 fully saturated rings. The second-order valence-electron chi connectivity index (χ2n) is 3.48. The van der Waals surface area contributed by atoms with Crippen molar-refractivity contribution in [3.63, 3.8) is 0 Å². The fourth-order valence-electron chi connectivity index (χ4n) is 1.56. The maximum atomic E-state index is 11.3. The molecule has 1 aromatic carbocycles. The fraction of sp³-hybridized carbons (Fsp3) is 0.417. The SMILES string of the molecule is COC(=O)Cc1c(C)cc(CBr)cc1OC. The number of hydrogen-bond donors (Lipinski definition) is 0. The number of halogens is 1. The van der Waals surface area contributed by atoms with Gasteiger partial charge in [0.2, 0.25) is 0 Å². The predicted molar refractivity (Wildman–Crippen MR) is 66.1 cm³/mol. The van der Waals surface area contributed by atoms with Crippen LogP contribution >= 0.6 is 15.9 Å². The summed E-state index contributed by atoms with van der Waals surface area (Å²) < 4.78 is 9.95. The average molecular weight is 287 g/mol. The van der Waals surface area contributed by atoms with Gasteiger partial charge in [0, 0.05) is 10.9 Å². The molecule has 0 heterocycles. The maximum Gasteiger partial charge on any atom is 0.310 e. The molecule has 0 aliphatic heterocycles. The standard InChI is InChI=1S/C12H15BrO3/c1-8-4-9(7-13)5-11(15-2)10(8)6-12(14)16-3/h4-5H,6-7H2,1-3H3. The third-order valence-corrected chi connectivity index (χ3v) is 3.06. The van der Waals surface area contributed by atoms with Crippen molar-refractivity contribution in [2.24, 2.45) is 0 Å². The van der Waals surface area contributed by atoms with Crippen LogP contribution in [0, 0.1) is 6.92 Å². The number of rotatable bonds is 4. The van der Waals surface area contributed by atoms with Crippen LogP contribution in [0.1, 0.15) is 16.7 Å². The van der Waals surface area contributed by atoms with Gasteiger partial charge in [-0.25, -0.2) is 0 Å². The first-order valence-electron chi connectivity index (χ1n) is 4.91. The van der Waals surface area contributed by atoms with Crippen LogP contribution in [0.5, 0.6) is 5.75 Å². The number of aryl methyl sites for hydroxylation is 1. The van der Waals surface area contributed by atoms with Crippen molar-refractivity contribution < 1.29 is 14.3 Å². The molecule has 0 radical (unpaired) electrons. The van der Waals surface area contributed by atoms with Crippen molar-refractivity contribution in [3.05, 3.63) is 28.8 Å². The Morgan fingerprint density at radius 2 is 2.06 bits per heavy atom. The van der Waals surface area contributed by atoms with Crippen molar-refractivity contribution in [1.82, 2.24) is 0 Å². The molecule has 0 aliphatic rings. The van der Waals surface area contributed by atoms with E-state index >= 15 is 0 Å². The number of carbonyl (C=O) groups is 1. The van der Waals surface area contributed by atoms with Gasteiger partial charge in [-0.2, -0.15) is 0 Å². The summed E-state index contributed by atoms with van der Waals surface area (Å²) in [7, 11) is 2.99. The molecule has 0 aromatic heterocycles. The highest BCUT2D eigenvalue weighted by molar-refractivity contribution is 9.08. The summed E-state index contributed by atoms with van der Waals surface area (Å²) in [5.41, 5.74) is 3.06. The van der Waals surface area contributed by atoms with Gasteiger partial charge in [0.25, 0.3) is 0 Å². The largest absolute Gasteiger partial charge is 0.496 e. The monoisotopic (exact) mass is 286 g/mol. The van der Waals surface area contributed by atoms with Gasteiger partial charge in [-0.1, -0.05) is 22.0 Å². The third-order valence-electron chi connectivity index (χ3n) is 2.41. The Hall–Kier alpha value is -1.03. The predicted octanol–water partition coefficient (Wildman–Crippen LogP) is 2.61. The number of carbonyl (C=O) groups excluding carboxylic acids is 1. The van der Waals surface area contributed by atoms with Crippen LogP contribution < -0.4 is 4.74 Å². The van der Waals surface area contributed by atoms with E-state index in [1.54, 1.807) is 7.11 Å². The van der Waals surface area contributed by atoms with E-state index in [-0.39, 0.29) is 12.4 Å². The Bertz CT molecular complexity index is 388. The Balaban J connectivity index is 3.11. The molecule has 0 atom stereocenters. The van der Waals surface area contributed by atoms with Gasteiger partial charge in [0.1, 0.15) is 5.75 Å². The van der Waals surface area contributed by atoms with Crippen LogP contribution in [0.4, 0.5) is 0 Å². The van der Waals surface area contributed by atoms with E-state index in [0.29, 0.717) is 0 Å². The molecule has 0 bridgehead atoms. The lowest BCUT2D eigenvalue weighted by Crippen LogP contribution is -2.08. The second-order valence-corrected chi connectivity index (χ2v) is 4.04. The van der Waals surface area contributed by atoms with Crippen LogP contribution in [0.3, 0.4) is 0 Å². The van der Waals surface area contributed by atoms with E-state index in [2.05, 4.69) is 20.7 Å². The van der Waals surface area contributed by atoms with Gasteiger partial charge < -0.3 is 9.47 Å². The summed E-state index contributed by atoms with van der Waals surface area (Å²) in [6, 6.07) is 3.97. The normalized spacial score (nSPS) is 10.0. The van der Waals surface area contributed by atoms with Crippen LogP contribution in [0.25, 0.3) is 0 Å². The van der Waals surface area contributed by atoms with E-state index in [1.165, 1.54) is 7.11 Å². The first-order valence-corrected chi connectivity index (χ1v) is 6.03. The lowest BCUT2D eigenvalue weighted by atomic mass is 10.0. The zero-order valence-electron chi connectivity index (χ0n) is 9.67. The third kappa shape index (κ3) is 2.98. The van der Waals surface area contributed by atoms with E-state index in [4.69, 9.17) is 4.74 Å². The highest BCUT2D eigenvalue weighted by atomic mass is 79.9. The number of alkyl halides is 1. The molecule has 0 amide bonds. The number of hydrogen-bond acceptors (Lipinski definition) is 3. The van der Waals surface area contributed by atoms with Crippen molar-refractivity contribution >= 4 is 21.9 Å². The zero-order chi connectivity index (χ0) is 12.1. The number of ether oxygens (including phenoxy) is 2. The van der Waals surface area contributed by atoms with E-state index in [1.807, 2.05) is 19.1 Å². The first-order chi connectivity index (χ1) is 7.62. The van der Waals surface area contributed by atoms with Crippen LogP contribution in [0.15, 0.2) is 12.1 Å². The molecule has 1 rings (SSSR count). The number of benzene rings is 1. The zero-order valence-corrected chi connectivity index (χ0v) is 11.3. The second kappa shape index (κ2) is 5.89. The quantitative estimate of drug-likeness (QED) is 0.631. The van der Waals surface area contributed by atoms with Crippen molar-refractivity contribution in [3.8, 4) is 5.75 Å². The van der Waals surface area contributed by atoms with Gasteiger partial charge in [0.15, 0.2) is 0 Å². The first kappa shape index (κ1) is 13.0. The van der Waals surface area contributed by atoms with Crippen molar-refractivity contribution in [2.75, 3.05) is 14.2 Å². The van der Waals surface area contributed by atoms with Gasteiger partial charge in [-0.05, 0) is 24.1 Å². The van der Waals surface area contributed by atoms with Crippen LogP contribution in [-0.4, -0.2) is 20.2 Å². The minimum atomic E-state index is -0.256. The number of esters is 1. The molecule has 0 unspecified atom stereocenters. The molecule has 1 aromatic rings. The summed E-state index contributed by atoms with van der Waals surface area (Å²) in [6.45, 7) is 1.97. The molecule has 0 N–H and O–H groups in total. The highest BCUT2D eigenvalue weighted by Crippen LogP contribution is 2.26. The molecule has 3 nitrogen and oxygen atoms in total. The molecular formula is C12H15BrO3. The summed E-state index contributed by atoms with van der Waals surface area (Å²) in [5.74, 6) is 0.479. The van der Waals surface area contributed by atoms with E-state index in [9.17, 15) is 4.79 Å². The van der Waals surface area contributed by atoms with Crippen LogP contribution in [0.2, 0.25) is 0 Å². The minimum absolute atomic E-state index is 0.244. The topological polar surface area (TPSA) is 35.5 Å². The number of methoxy groups -OCH3 is 2. The molecule has 4 heteroatoms. The van der Waals surface area contributed by atoms with Gasteiger partial charge >= 0.3 is 5.97 Å². The molecule has 0 saturated carbocycles. The van der Waals surface area contributed by atoms with Gasteiger partial charge in [0.05, 0.1) is 20.6 Å².